The van der Waals surface area contributed by atoms with Crippen molar-refractivity contribution in [1.29, 1.82) is 0 Å². The van der Waals surface area contributed by atoms with Crippen molar-refractivity contribution < 1.29 is 13.2 Å². The maximum atomic E-state index is 12.2. The molecule has 6 nitrogen and oxygen atoms in total. The van der Waals surface area contributed by atoms with Crippen molar-refractivity contribution in [1.82, 2.24) is 10.0 Å². The summed E-state index contributed by atoms with van der Waals surface area (Å²) in [6, 6.07) is 6.13. The second-order valence-electron chi connectivity index (χ2n) is 7.54. The van der Waals surface area contributed by atoms with E-state index >= 15 is 0 Å². The molecule has 1 amide bonds. The van der Waals surface area contributed by atoms with Gasteiger partial charge in [0.25, 0.3) is 0 Å². The number of nitrogens with one attached hydrogen (secondary N) is 3. The molecule has 1 aromatic rings. The van der Waals surface area contributed by atoms with Crippen LogP contribution in [0.25, 0.3) is 0 Å². The molecule has 1 aromatic carbocycles. The smallest absolute Gasteiger partial charge is 0.241 e. The minimum Gasteiger partial charge on any atom is -0.332 e. The Bertz CT molecular complexity index is 712. The van der Waals surface area contributed by atoms with Crippen LogP contribution in [0.15, 0.2) is 29.2 Å². The van der Waals surface area contributed by atoms with Gasteiger partial charge < -0.3 is 10.6 Å². The molecule has 0 aromatic heterocycles. The van der Waals surface area contributed by atoms with Crippen molar-refractivity contribution in [2.45, 2.75) is 52.0 Å². The predicted octanol–water partition coefficient (Wildman–Crippen LogP) is 2.62. The SMILES string of the molecule is CC(C)(C)NS(=O)(=O)c1ccc(NC(=S)NC(=O)C(C)(C)C)cc1. The Labute approximate surface area is 149 Å². The highest BCUT2D eigenvalue weighted by molar-refractivity contribution is 7.89. The van der Waals surface area contributed by atoms with E-state index in [0.29, 0.717) is 5.69 Å². The summed E-state index contributed by atoms with van der Waals surface area (Å²) in [4.78, 5) is 12.0. The Morgan fingerprint density at radius 3 is 1.92 bits per heavy atom. The van der Waals surface area contributed by atoms with Crippen LogP contribution in [-0.2, 0) is 14.8 Å². The molecule has 0 saturated carbocycles. The van der Waals surface area contributed by atoms with E-state index in [-0.39, 0.29) is 15.9 Å². The summed E-state index contributed by atoms with van der Waals surface area (Å²) in [6.45, 7) is 10.7. The van der Waals surface area contributed by atoms with Crippen LogP contribution in [0.1, 0.15) is 41.5 Å². The molecule has 0 radical (unpaired) electrons. The zero-order valence-corrected chi connectivity index (χ0v) is 16.5. The Morgan fingerprint density at radius 1 is 1.00 bits per heavy atom. The molecule has 0 aliphatic carbocycles. The maximum absolute atomic E-state index is 12.2. The summed E-state index contributed by atoms with van der Waals surface area (Å²) in [5, 5.41) is 5.62. The molecule has 0 bridgehead atoms. The number of carbonyl (C=O) groups excluding carboxylic acids is 1. The van der Waals surface area contributed by atoms with E-state index in [1.165, 1.54) is 12.1 Å². The van der Waals surface area contributed by atoms with Gasteiger partial charge in [-0.2, -0.15) is 0 Å². The molecule has 8 heteroatoms. The Morgan fingerprint density at radius 2 is 1.50 bits per heavy atom. The van der Waals surface area contributed by atoms with E-state index in [4.69, 9.17) is 12.2 Å². The predicted molar refractivity (Wildman–Crippen MR) is 100 cm³/mol. The van der Waals surface area contributed by atoms with E-state index in [9.17, 15) is 13.2 Å². The number of thiocarbonyl (C=S) groups is 1. The average Bonchev–Trinajstić information content (AvgIpc) is 2.35. The van der Waals surface area contributed by atoms with Gasteiger partial charge in [-0.3, -0.25) is 4.79 Å². The first-order valence-electron chi connectivity index (χ1n) is 7.47. The minimum absolute atomic E-state index is 0.160. The molecule has 0 aliphatic heterocycles. The van der Waals surface area contributed by atoms with E-state index < -0.39 is 21.0 Å². The number of sulfonamides is 1. The van der Waals surface area contributed by atoms with Crippen LogP contribution in [-0.4, -0.2) is 25.0 Å². The molecular weight excluding hydrogens is 346 g/mol. The van der Waals surface area contributed by atoms with Gasteiger partial charge in [-0.1, -0.05) is 20.8 Å². The molecule has 0 heterocycles. The molecule has 0 aliphatic rings. The summed E-state index contributed by atoms with van der Waals surface area (Å²) in [6.07, 6.45) is 0. The van der Waals surface area contributed by atoms with Crippen LogP contribution in [0, 0.1) is 5.41 Å². The fourth-order valence-corrected chi connectivity index (χ4v) is 3.26. The van der Waals surface area contributed by atoms with Gasteiger partial charge in [-0.25, -0.2) is 13.1 Å². The molecule has 134 valence electrons. The third-order valence-corrected chi connectivity index (χ3v) is 4.75. The van der Waals surface area contributed by atoms with E-state index in [0.717, 1.165) is 0 Å². The van der Waals surface area contributed by atoms with Crippen molar-refractivity contribution >= 4 is 38.9 Å². The molecule has 0 atom stereocenters. The van der Waals surface area contributed by atoms with Gasteiger partial charge in [0.05, 0.1) is 4.90 Å². The molecule has 0 saturated heterocycles. The fraction of sp³-hybridized carbons (Fsp3) is 0.500. The second-order valence-corrected chi connectivity index (χ2v) is 9.63. The zero-order chi connectivity index (χ0) is 18.8. The largest absolute Gasteiger partial charge is 0.332 e. The molecule has 0 fully saturated rings. The summed E-state index contributed by atoms with van der Waals surface area (Å²) in [5.74, 6) is -0.200. The number of amides is 1. The van der Waals surface area contributed by atoms with Crippen LogP contribution in [0.3, 0.4) is 0 Å². The van der Waals surface area contributed by atoms with Gasteiger partial charge in [0.15, 0.2) is 5.11 Å². The first-order valence-corrected chi connectivity index (χ1v) is 9.36. The summed E-state index contributed by atoms with van der Waals surface area (Å²) in [5.41, 5.74) is -0.527. The highest BCUT2D eigenvalue weighted by Gasteiger charge is 2.23. The normalized spacial score (nSPS) is 12.6. The summed E-state index contributed by atoms with van der Waals surface area (Å²) < 4.78 is 27.0. The molecule has 3 N–H and O–H groups in total. The minimum atomic E-state index is -3.58. The van der Waals surface area contributed by atoms with E-state index in [1.54, 1.807) is 53.7 Å². The van der Waals surface area contributed by atoms with Crippen LogP contribution in [0.5, 0.6) is 0 Å². The Balaban J connectivity index is 2.79. The van der Waals surface area contributed by atoms with Gasteiger partial charge in [0.1, 0.15) is 0 Å². The third-order valence-electron chi connectivity index (χ3n) is 2.77. The number of anilines is 1. The first kappa shape index (κ1) is 20.5. The maximum Gasteiger partial charge on any atom is 0.241 e. The zero-order valence-electron chi connectivity index (χ0n) is 14.9. The lowest BCUT2D eigenvalue weighted by Gasteiger charge is -2.20. The number of benzene rings is 1. The van der Waals surface area contributed by atoms with E-state index in [2.05, 4.69) is 15.4 Å². The monoisotopic (exact) mass is 371 g/mol. The highest BCUT2D eigenvalue weighted by Crippen LogP contribution is 2.17. The van der Waals surface area contributed by atoms with Crippen molar-refractivity contribution in [2.75, 3.05) is 5.32 Å². The number of rotatable bonds is 3. The number of hydrogen-bond donors (Lipinski definition) is 3. The van der Waals surface area contributed by atoms with Crippen LogP contribution < -0.4 is 15.4 Å². The first-order chi connectivity index (χ1) is 10.7. The second kappa shape index (κ2) is 7.16. The van der Waals surface area contributed by atoms with Crippen molar-refractivity contribution in [3.05, 3.63) is 24.3 Å². The van der Waals surface area contributed by atoms with Gasteiger partial charge in [-0.15, -0.1) is 0 Å². The molecule has 0 spiro atoms. The van der Waals surface area contributed by atoms with Crippen LogP contribution in [0.4, 0.5) is 5.69 Å². The van der Waals surface area contributed by atoms with Crippen LogP contribution in [0.2, 0.25) is 0 Å². The summed E-state index contributed by atoms with van der Waals surface area (Å²) >= 11 is 5.09. The Hall–Kier alpha value is -1.51. The lowest BCUT2D eigenvalue weighted by atomic mass is 9.96. The Kier molecular flexibility index (Phi) is 6.13. The topological polar surface area (TPSA) is 87.3 Å². The molecule has 1 rings (SSSR count). The van der Waals surface area contributed by atoms with Crippen molar-refractivity contribution in [2.24, 2.45) is 5.41 Å². The lowest BCUT2D eigenvalue weighted by molar-refractivity contribution is -0.126. The lowest BCUT2D eigenvalue weighted by Crippen LogP contribution is -2.41. The number of carbonyl (C=O) groups is 1. The van der Waals surface area contributed by atoms with Crippen molar-refractivity contribution in [3.63, 3.8) is 0 Å². The van der Waals surface area contributed by atoms with Gasteiger partial charge >= 0.3 is 0 Å². The third kappa shape index (κ3) is 6.54. The van der Waals surface area contributed by atoms with E-state index in [1.807, 2.05) is 0 Å². The van der Waals surface area contributed by atoms with Crippen LogP contribution >= 0.6 is 12.2 Å². The average molecular weight is 372 g/mol. The fourth-order valence-electron chi connectivity index (χ4n) is 1.63. The van der Waals surface area contributed by atoms with Gasteiger partial charge in [0.2, 0.25) is 15.9 Å². The van der Waals surface area contributed by atoms with Gasteiger partial charge in [-0.05, 0) is 57.3 Å². The quantitative estimate of drug-likeness (QED) is 0.711. The standard InChI is InChI=1S/C16H25N3O3S2/c1-15(2,3)13(20)18-14(23)17-11-7-9-12(10-8-11)24(21,22)19-16(4,5)6/h7-10,19H,1-6H3,(H2,17,18,20,23). The summed E-state index contributed by atoms with van der Waals surface area (Å²) in [7, 11) is -3.58. The van der Waals surface area contributed by atoms with Crippen molar-refractivity contribution in [3.8, 4) is 0 Å². The molecular formula is C16H25N3O3S2. The number of hydrogen-bond acceptors (Lipinski definition) is 4. The van der Waals surface area contributed by atoms with Gasteiger partial charge in [0, 0.05) is 16.6 Å². The highest BCUT2D eigenvalue weighted by atomic mass is 32.2. The molecule has 24 heavy (non-hydrogen) atoms. The molecule has 0 unspecified atom stereocenters.